The topological polar surface area (TPSA) is 84.2 Å². The van der Waals surface area contributed by atoms with Crippen LogP contribution in [0.15, 0.2) is 24.3 Å². The minimum absolute atomic E-state index is 0.308. The van der Waals surface area contributed by atoms with Crippen molar-refractivity contribution >= 4 is 17.5 Å². The quantitative estimate of drug-likeness (QED) is 0.709. The number of carbonyl (C=O) groups excluding carboxylic acids is 2. The van der Waals surface area contributed by atoms with Crippen molar-refractivity contribution in [2.24, 2.45) is 0 Å². The van der Waals surface area contributed by atoms with Gasteiger partial charge < -0.3 is 16.4 Å². The predicted molar refractivity (Wildman–Crippen MR) is 66.9 cm³/mol. The Hall–Kier alpha value is -2.25. The van der Waals surface area contributed by atoms with Crippen molar-refractivity contribution in [2.75, 3.05) is 18.8 Å². The number of nitrogens with two attached hydrogens (primary N) is 1. The van der Waals surface area contributed by atoms with Crippen LogP contribution in [-0.2, 0) is 4.79 Å². The van der Waals surface area contributed by atoms with Crippen LogP contribution in [-0.4, -0.2) is 31.1 Å². The third-order valence-corrected chi connectivity index (χ3v) is 2.31. The van der Waals surface area contributed by atoms with Crippen molar-refractivity contribution in [2.45, 2.75) is 12.6 Å². The van der Waals surface area contributed by atoms with Crippen LogP contribution in [0.1, 0.15) is 16.8 Å². The number of nitrogen functional groups attached to an aromatic ring is 1. The fourth-order valence-electron chi connectivity index (χ4n) is 1.30. The second-order valence-electron chi connectivity index (χ2n) is 4.02. The maximum atomic E-state index is 11.8. The number of amides is 2. The molecule has 20 heavy (non-hydrogen) atoms. The van der Waals surface area contributed by atoms with Crippen LogP contribution in [0.5, 0.6) is 0 Å². The van der Waals surface area contributed by atoms with E-state index in [0.717, 1.165) is 0 Å². The largest absolute Gasteiger partial charge is 0.399 e. The summed E-state index contributed by atoms with van der Waals surface area (Å²) in [6.07, 6.45) is -5.43. The number of hydrogen-bond acceptors (Lipinski definition) is 3. The molecule has 2 amide bonds. The Morgan fingerprint density at radius 2 is 1.70 bits per heavy atom. The first kappa shape index (κ1) is 15.8. The molecule has 1 aromatic rings. The molecule has 0 aliphatic rings. The molecule has 1 aromatic carbocycles. The Morgan fingerprint density at radius 3 is 2.25 bits per heavy atom. The molecular weight excluding hydrogens is 275 g/mol. The molecule has 0 saturated carbocycles. The summed E-state index contributed by atoms with van der Waals surface area (Å²) in [6.45, 7) is -0.902. The van der Waals surface area contributed by atoms with Gasteiger partial charge in [-0.2, -0.15) is 13.2 Å². The number of rotatable bonds is 5. The Morgan fingerprint density at radius 1 is 1.10 bits per heavy atom. The molecule has 0 aliphatic heterocycles. The molecule has 0 bridgehead atoms. The normalized spacial score (nSPS) is 10.9. The number of hydrogen-bond donors (Lipinski definition) is 3. The molecule has 0 radical (unpaired) electrons. The fourth-order valence-corrected chi connectivity index (χ4v) is 1.30. The summed E-state index contributed by atoms with van der Waals surface area (Å²) in [7, 11) is 0. The molecule has 0 unspecified atom stereocenters. The van der Waals surface area contributed by atoms with Crippen molar-refractivity contribution in [3.05, 3.63) is 29.8 Å². The Balaban J connectivity index is 2.30. The van der Waals surface area contributed by atoms with E-state index in [0.29, 0.717) is 11.3 Å². The first-order valence-electron chi connectivity index (χ1n) is 5.75. The highest BCUT2D eigenvalue weighted by Crippen LogP contribution is 2.17. The molecule has 0 spiro atoms. The van der Waals surface area contributed by atoms with Crippen LogP contribution < -0.4 is 16.4 Å². The molecule has 4 N–H and O–H groups in total. The molecule has 5 nitrogen and oxygen atoms in total. The van der Waals surface area contributed by atoms with Crippen LogP contribution in [0, 0.1) is 0 Å². The van der Waals surface area contributed by atoms with Gasteiger partial charge in [0.05, 0.1) is 13.0 Å². The van der Waals surface area contributed by atoms with E-state index in [4.69, 9.17) is 5.73 Å². The van der Waals surface area contributed by atoms with Crippen molar-refractivity contribution in [1.29, 1.82) is 0 Å². The number of benzene rings is 1. The third-order valence-electron chi connectivity index (χ3n) is 2.31. The van der Waals surface area contributed by atoms with E-state index in [1.54, 1.807) is 0 Å². The van der Waals surface area contributed by atoms with E-state index < -0.39 is 31.0 Å². The van der Waals surface area contributed by atoms with Crippen molar-refractivity contribution in [1.82, 2.24) is 10.6 Å². The van der Waals surface area contributed by atoms with Gasteiger partial charge in [-0.1, -0.05) is 0 Å². The molecule has 8 heteroatoms. The summed E-state index contributed by atoms with van der Waals surface area (Å²) in [5.41, 5.74) is 6.25. The van der Waals surface area contributed by atoms with Crippen molar-refractivity contribution < 1.29 is 22.8 Å². The second-order valence-corrected chi connectivity index (χ2v) is 4.02. The van der Waals surface area contributed by atoms with Crippen LogP contribution in [0.2, 0.25) is 0 Å². The molecule has 110 valence electrons. The predicted octanol–water partition coefficient (Wildman–Crippen LogP) is 1.07. The summed E-state index contributed by atoms with van der Waals surface area (Å²) in [5.74, 6) is -1.19. The zero-order valence-corrected chi connectivity index (χ0v) is 10.5. The number of nitrogens with one attached hydrogen (secondary N) is 2. The van der Waals surface area contributed by atoms with E-state index in [1.165, 1.54) is 24.3 Å². The van der Waals surface area contributed by atoms with Gasteiger partial charge >= 0.3 is 6.18 Å². The number of anilines is 1. The van der Waals surface area contributed by atoms with Crippen LogP contribution in [0.25, 0.3) is 0 Å². The fraction of sp³-hybridized carbons (Fsp3) is 0.333. The van der Waals surface area contributed by atoms with Gasteiger partial charge in [-0.05, 0) is 24.3 Å². The molecule has 0 atom stereocenters. The lowest BCUT2D eigenvalue weighted by atomic mass is 10.2. The lowest BCUT2D eigenvalue weighted by Crippen LogP contribution is -2.38. The summed E-state index contributed by atoms with van der Waals surface area (Å²) < 4.78 is 35.5. The SMILES string of the molecule is Nc1ccc(C(=O)NCC(=O)NCCC(F)(F)F)cc1. The zero-order chi connectivity index (χ0) is 15.2. The Bertz CT molecular complexity index is 472. The average molecular weight is 289 g/mol. The van der Waals surface area contributed by atoms with Crippen molar-refractivity contribution in [3.63, 3.8) is 0 Å². The third kappa shape index (κ3) is 6.07. The molecule has 1 rings (SSSR count). The maximum absolute atomic E-state index is 11.8. The lowest BCUT2D eigenvalue weighted by Gasteiger charge is -2.08. The zero-order valence-electron chi connectivity index (χ0n) is 10.5. The molecule has 0 saturated heterocycles. The van der Waals surface area contributed by atoms with E-state index in [-0.39, 0.29) is 6.54 Å². The van der Waals surface area contributed by atoms with Gasteiger partial charge in [0.25, 0.3) is 5.91 Å². The summed E-state index contributed by atoms with van der Waals surface area (Å²) in [6, 6.07) is 6.01. The summed E-state index contributed by atoms with van der Waals surface area (Å²) in [4.78, 5) is 22.8. The lowest BCUT2D eigenvalue weighted by molar-refractivity contribution is -0.135. The summed E-state index contributed by atoms with van der Waals surface area (Å²) in [5, 5.41) is 4.35. The standard InChI is InChI=1S/C12H14F3N3O2/c13-12(14,15)5-6-17-10(19)7-18-11(20)8-1-3-9(16)4-2-8/h1-4H,5-7,16H2,(H,17,19)(H,18,20). The Kier molecular flexibility index (Phi) is 5.36. The van der Waals surface area contributed by atoms with Gasteiger partial charge in [0.1, 0.15) is 0 Å². The Labute approximate surface area is 113 Å². The first-order chi connectivity index (χ1) is 9.28. The van der Waals surface area contributed by atoms with E-state index in [9.17, 15) is 22.8 Å². The number of halogens is 3. The molecule has 0 aliphatic carbocycles. The second kappa shape index (κ2) is 6.78. The van der Waals surface area contributed by atoms with Crippen LogP contribution in [0.3, 0.4) is 0 Å². The van der Waals surface area contributed by atoms with Gasteiger partial charge in [0.2, 0.25) is 5.91 Å². The maximum Gasteiger partial charge on any atom is 0.390 e. The molecular formula is C12H14F3N3O2. The van der Waals surface area contributed by atoms with E-state index in [2.05, 4.69) is 10.6 Å². The van der Waals surface area contributed by atoms with E-state index in [1.807, 2.05) is 0 Å². The van der Waals surface area contributed by atoms with Crippen LogP contribution >= 0.6 is 0 Å². The van der Waals surface area contributed by atoms with Gasteiger partial charge in [0, 0.05) is 17.8 Å². The van der Waals surface area contributed by atoms with Gasteiger partial charge in [-0.25, -0.2) is 0 Å². The minimum atomic E-state index is -4.32. The first-order valence-corrected chi connectivity index (χ1v) is 5.75. The van der Waals surface area contributed by atoms with Crippen molar-refractivity contribution in [3.8, 4) is 0 Å². The van der Waals surface area contributed by atoms with Crippen LogP contribution in [0.4, 0.5) is 18.9 Å². The highest BCUT2D eigenvalue weighted by atomic mass is 19.4. The highest BCUT2D eigenvalue weighted by molar-refractivity contribution is 5.96. The van der Waals surface area contributed by atoms with E-state index >= 15 is 0 Å². The average Bonchev–Trinajstić information content (AvgIpc) is 2.35. The smallest absolute Gasteiger partial charge is 0.390 e. The minimum Gasteiger partial charge on any atom is -0.399 e. The molecule has 0 aromatic heterocycles. The monoisotopic (exact) mass is 289 g/mol. The summed E-state index contributed by atoms with van der Waals surface area (Å²) >= 11 is 0. The number of alkyl halides is 3. The molecule has 0 fully saturated rings. The number of carbonyl (C=O) groups is 2. The molecule has 0 heterocycles. The van der Waals surface area contributed by atoms with Gasteiger partial charge in [-0.3, -0.25) is 9.59 Å². The van der Waals surface area contributed by atoms with Gasteiger partial charge in [-0.15, -0.1) is 0 Å². The van der Waals surface area contributed by atoms with Gasteiger partial charge in [0.15, 0.2) is 0 Å². The highest BCUT2D eigenvalue weighted by Gasteiger charge is 2.26.